The van der Waals surface area contributed by atoms with E-state index in [0.717, 1.165) is 77.0 Å². The first-order valence-corrected chi connectivity index (χ1v) is 26.6. The molecule has 0 bridgehead atoms. The molecule has 2 unspecified atom stereocenters. The molecule has 3 N–H and O–H groups in total. The maximum absolute atomic E-state index is 12.6. The van der Waals surface area contributed by atoms with Crippen molar-refractivity contribution in [2.45, 2.75) is 238 Å². The fraction of sp³-hybridized carbons (Fsp3) is 0.804. The molecule has 9 nitrogen and oxygen atoms in total. The number of hydrogen-bond acceptors (Lipinski definition) is 8. The number of unbranched alkanes of at least 4 members (excludes halogenated alkanes) is 26. The third-order valence-electron chi connectivity index (χ3n) is 10.7. The van der Waals surface area contributed by atoms with Crippen molar-refractivity contribution in [1.82, 2.24) is 0 Å². The Bertz CT molecular complexity index is 1140. The zero-order chi connectivity index (χ0) is 44.6. The first-order valence-electron chi connectivity index (χ1n) is 25.1. The fourth-order valence-corrected chi connectivity index (χ4v) is 7.68. The van der Waals surface area contributed by atoms with Gasteiger partial charge in [0.2, 0.25) is 0 Å². The minimum atomic E-state index is -4.38. The fourth-order valence-electron chi connectivity index (χ4n) is 6.92. The lowest BCUT2D eigenvalue weighted by molar-refractivity contribution is -0.161. The topological polar surface area (TPSA) is 134 Å². The van der Waals surface area contributed by atoms with Crippen LogP contribution >= 0.6 is 7.82 Å². The lowest BCUT2D eigenvalue weighted by atomic mass is 10.0. The van der Waals surface area contributed by atoms with Crippen LogP contribution in [-0.2, 0) is 32.7 Å². The number of rotatable bonds is 47. The SMILES string of the molecule is CCCC/C=C\CCCCCCCC(=O)OCC(COP(=O)(O)OCCN)OC(=O)CCCCCCCCCCCCCCCC/C=C\C/C=C\C/C=C\CCCCCCC. The molecule has 0 rings (SSSR count). The Morgan fingerprint density at radius 3 is 1.33 bits per heavy atom. The summed E-state index contributed by atoms with van der Waals surface area (Å²) in [6, 6.07) is 0. The number of ether oxygens (including phenoxy) is 2. The van der Waals surface area contributed by atoms with E-state index in [1.54, 1.807) is 0 Å². The molecule has 0 heterocycles. The van der Waals surface area contributed by atoms with Crippen LogP contribution in [0.3, 0.4) is 0 Å². The second-order valence-corrected chi connectivity index (χ2v) is 18.1. The minimum absolute atomic E-state index is 0.0518. The molecule has 0 aromatic carbocycles. The van der Waals surface area contributed by atoms with Crippen molar-refractivity contribution in [1.29, 1.82) is 0 Å². The van der Waals surface area contributed by atoms with Gasteiger partial charge in [0.15, 0.2) is 6.10 Å². The number of phosphoric ester groups is 1. The van der Waals surface area contributed by atoms with Crippen LogP contribution in [-0.4, -0.2) is 49.3 Å². The average molecular weight is 880 g/mol. The molecule has 0 aromatic rings. The summed E-state index contributed by atoms with van der Waals surface area (Å²) < 4.78 is 32.8. The summed E-state index contributed by atoms with van der Waals surface area (Å²) in [7, 11) is -4.38. The number of nitrogens with two attached hydrogens (primary N) is 1. The normalized spacial score (nSPS) is 13.6. The second-order valence-electron chi connectivity index (χ2n) is 16.7. The van der Waals surface area contributed by atoms with Gasteiger partial charge in [-0.2, -0.15) is 0 Å². The molecule has 0 aliphatic rings. The van der Waals surface area contributed by atoms with E-state index in [0.29, 0.717) is 6.42 Å². The summed E-state index contributed by atoms with van der Waals surface area (Å²) in [5, 5.41) is 0. The largest absolute Gasteiger partial charge is 0.472 e. The highest BCUT2D eigenvalue weighted by atomic mass is 31.2. The predicted octanol–water partition coefficient (Wildman–Crippen LogP) is 15.1. The second kappa shape index (κ2) is 47.4. The summed E-state index contributed by atoms with van der Waals surface area (Å²) in [5.41, 5.74) is 5.35. The highest BCUT2D eigenvalue weighted by Gasteiger charge is 2.26. The van der Waals surface area contributed by atoms with E-state index >= 15 is 0 Å². The zero-order valence-electron chi connectivity index (χ0n) is 39.4. The first-order chi connectivity index (χ1) is 29.8. The van der Waals surface area contributed by atoms with E-state index in [1.807, 2.05) is 0 Å². The van der Waals surface area contributed by atoms with Crippen LogP contribution in [0.4, 0.5) is 0 Å². The Morgan fingerprint density at radius 2 is 0.869 bits per heavy atom. The van der Waals surface area contributed by atoms with Gasteiger partial charge in [-0.05, 0) is 70.6 Å². The maximum atomic E-state index is 12.6. The van der Waals surface area contributed by atoms with Crippen molar-refractivity contribution in [3.8, 4) is 0 Å². The van der Waals surface area contributed by atoms with Crippen molar-refractivity contribution in [3.05, 3.63) is 48.6 Å². The molecule has 0 amide bonds. The van der Waals surface area contributed by atoms with E-state index in [9.17, 15) is 19.0 Å². The van der Waals surface area contributed by atoms with E-state index in [1.165, 1.54) is 122 Å². The molecule has 0 spiro atoms. The van der Waals surface area contributed by atoms with Gasteiger partial charge in [-0.15, -0.1) is 0 Å². The molecule has 0 aliphatic carbocycles. The van der Waals surface area contributed by atoms with Gasteiger partial charge in [-0.3, -0.25) is 18.6 Å². The summed E-state index contributed by atoms with van der Waals surface area (Å²) >= 11 is 0. The maximum Gasteiger partial charge on any atom is 0.472 e. The molecule has 0 radical (unpaired) electrons. The van der Waals surface area contributed by atoms with Gasteiger partial charge in [0, 0.05) is 19.4 Å². The predicted molar refractivity (Wildman–Crippen MR) is 257 cm³/mol. The quantitative estimate of drug-likeness (QED) is 0.0265. The number of carbonyl (C=O) groups is 2. The van der Waals surface area contributed by atoms with Crippen LogP contribution in [0, 0.1) is 0 Å². The number of allylic oxidation sites excluding steroid dienone is 8. The summed E-state index contributed by atoms with van der Waals surface area (Å²) in [6.07, 6.45) is 55.9. The molecule has 356 valence electrons. The van der Waals surface area contributed by atoms with Gasteiger partial charge in [-0.25, -0.2) is 4.57 Å². The number of hydrogen-bond donors (Lipinski definition) is 2. The van der Waals surface area contributed by atoms with Crippen molar-refractivity contribution >= 4 is 19.8 Å². The highest BCUT2D eigenvalue weighted by Crippen LogP contribution is 2.43. The Balaban J connectivity index is 3.94. The third kappa shape index (κ3) is 47.3. The van der Waals surface area contributed by atoms with Crippen LogP contribution in [0.1, 0.15) is 232 Å². The minimum Gasteiger partial charge on any atom is -0.462 e. The molecule has 2 atom stereocenters. The lowest BCUT2D eigenvalue weighted by Gasteiger charge is -2.19. The van der Waals surface area contributed by atoms with Gasteiger partial charge < -0.3 is 20.1 Å². The van der Waals surface area contributed by atoms with Crippen LogP contribution in [0.25, 0.3) is 0 Å². The Hall–Kier alpha value is -2.03. The molecular formula is C51H94NO8P. The molecule has 0 fully saturated rings. The van der Waals surface area contributed by atoms with E-state index < -0.39 is 32.5 Å². The Labute approximate surface area is 375 Å². The molecule has 0 saturated heterocycles. The summed E-state index contributed by atoms with van der Waals surface area (Å²) in [5.74, 6) is -0.837. The van der Waals surface area contributed by atoms with Crippen LogP contribution in [0.15, 0.2) is 48.6 Å². The van der Waals surface area contributed by atoms with Gasteiger partial charge in [0.1, 0.15) is 6.61 Å². The van der Waals surface area contributed by atoms with E-state index in [-0.39, 0.29) is 32.6 Å². The molecule has 0 aromatic heterocycles. The molecule has 61 heavy (non-hydrogen) atoms. The number of esters is 2. The van der Waals surface area contributed by atoms with E-state index in [2.05, 4.69) is 62.5 Å². The van der Waals surface area contributed by atoms with Gasteiger partial charge in [0.05, 0.1) is 13.2 Å². The Morgan fingerprint density at radius 1 is 0.492 bits per heavy atom. The van der Waals surface area contributed by atoms with Crippen molar-refractivity contribution in [2.24, 2.45) is 5.73 Å². The van der Waals surface area contributed by atoms with Crippen molar-refractivity contribution in [3.63, 3.8) is 0 Å². The number of carbonyl (C=O) groups excluding carboxylic acids is 2. The average Bonchev–Trinajstić information content (AvgIpc) is 3.25. The van der Waals surface area contributed by atoms with Crippen LogP contribution < -0.4 is 5.73 Å². The standard InChI is InChI=1S/C51H94NO8P/c1-3-5-7-9-11-13-15-16-17-18-19-20-21-22-23-24-25-26-27-28-29-30-31-32-34-36-38-40-42-44-51(54)60-49(48-59-61(55,56)58-46-45-52)47-57-50(53)43-41-39-37-35-33-14-12-10-8-6-4-2/h10,12,15-16,18-19,21-22,49H,3-9,11,13-14,17,20,23-48,52H2,1-2H3,(H,55,56)/b12-10-,16-15-,19-18-,22-21-. The molecular weight excluding hydrogens is 786 g/mol. The number of phosphoric acid groups is 1. The Kier molecular flexibility index (Phi) is 45.9. The smallest absolute Gasteiger partial charge is 0.462 e. The zero-order valence-corrected chi connectivity index (χ0v) is 40.3. The van der Waals surface area contributed by atoms with Gasteiger partial charge >= 0.3 is 19.8 Å². The first kappa shape index (κ1) is 59.0. The molecule has 0 saturated carbocycles. The van der Waals surface area contributed by atoms with Gasteiger partial charge in [-0.1, -0.05) is 197 Å². The molecule has 0 aliphatic heterocycles. The third-order valence-corrected chi connectivity index (χ3v) is 11.7. The summed E-state index contributed by atoms with van der Waals surface area (Å²) in [6.45, 7) is 3.68. The summed E-state index contributed by atoms with van der Waals surface area (Å²) in [4.78, 5) is 34.9. The van der Waals surface area contributed by atoms with Crippen molar-refractivity contribution in [2.75, 3.05) is 26.4 Å². The van der Waals surface area contributed by atoms with E-state index in [4.69, 9.17) is 24.3 Å². The monoisotopic (exact) mass is 880 g/mol. The van der Waals surface area contributed by atoms with Gasteiger partial charge in [0.25, 0.3) is 0 Å². The van der Waals surface area contributed by atoms with Crippen LogP contribution in [0.2, 0.25) is 0 Å². The lowest BCUT2D eigenvalue weighted by Crippen LogP contribution is -2.29. The molecule has 10 heteroatoms. The van der Waals surface area contributed by atoms with Crippen LogP contribution in [0.5, 0.6) is 0 Å². The van der Waals surface area contributed by atoms with Crippen molar-refractivity contribution < 1.29 is 37.6 Å². The highest BCUT2D eigenvalue weighted by molar-refractivity contribution is 7.47.